The Morgan fingerprint density at radius 3 is 2.70 bits per heavy atom. The van der Waals surface area contributed by atoms with Crippen LogP contribution in [0.25, 0.3) is 10.9 Å². The highest BCUT2D eigenvalue weighted by Crippen LogP contribution is 2.40. The fourth-order valence-corrected chi connectivity index (χ4v) is 2.96. The van der Waals surface area contributed by atoms with Crippen LogP contribution in [0.4, 0.5) is 11.5 Å². The van der Waals surface area contributed by atoms with Gasteiger partial charge >= 0.3 is 5.69 Å². The summed E-state index contributed by atoms with van der Waals surface area (Å²) in [4.78, 5) is 15.2. The highest BCUT2D eigenvalue weighted by Gasteiger charge is 2.29. The number of nitrogens with two attached hydrogens (primary N) is 1. The average molecular weight is 272 g/mol. The molecule has 3 rings (SSSR count). The second-order valence-electron chi connectivity index (χ2n) is 5.06. The molecule has 3 N–H and O–H groups in total. The maximum Gasteiger partial charge on any atom is 0.315 e. The van der Waals surface area contributed by atoms with Gasteiger partial charge in [-0.25, -0.2) is 4.98 Å². The van der Waals surface area contributed by atoms with E-state index in [1.807, 2.05) is 24.3 Å². The molecule has 0 spiro atoms. The molecule has 1 fully saturated rings. The number of nitrogens with one attached hydrogen (secondary N) is 1. The Bertz CT molecular complexity index is 666. The van der Waals surface area contributed by atoms with Gasteiger partial charge in [0.1, 0.15) is 0 Å². The summed E-state index contributed by atoms with van der Waals surface area (Å²) in [6, 6.07) is 7.49. The van der Waals surface area contributed by atoms with E-state index in [9.17, 15) is 10.1 Å². The Balaban J connectivity index is 2.28. The second-order valence-corrected chi connectivity index (χ2v) is 5.06. The van der Waals surface area contributed by atoms with Crippen LogP contribution in [0, 0.1) is 10.1 Å². The third kappa shape index (κ3) is 2.08. The van der Waals surface area contributed by atoms with Crippen molar-refractivity contribution in [3.05, 3.63) is 39.9 Å². The Morgan fingerprint density at radius 1 is 1.30 bits per heavy atom. The first-order valence-corrected chi connectivity index (χ1v) is 6.71. The molecular weight excluding hydrogens is 256 g/mol. The van der Waals surface area contributed by atoms with Crippen LogP contribution in [0.3, 0.4) is 0 Å². The van der Waals surface area contributed by atoms with E-state index in [0.29, 0.717) is 0 Å². The molecule has 0 unspecified atom stereocenters. The molecule has 2 aromatic rings. The Hall–Kier alpha value is -2.21. The summed E-state index contributed by atoms with van der Waals surface area (Å²) in [7, 11) is 0. The van der Waals surface area contributed by atoms with Crippen molar-refractivity contribution in [2.45, 2.75) is 18.8 Å². The van der Waals surface area contributed by atoms with E-state index in [0.717, 1.165) is 42.4 Å². The fraction of sp³-hybridized carbons (Fsp3) is 0.357. The highest BCUT2D eigenvalue weighted by molar-refractivity contribution is 5.89. The Morgan fingerprint density at radius 2 is 2.00 bits per heavy atom. The van der Waals surface area contributed by atoms with Gasteiger partial charge in [0.25, 0.3) is 0 Å². The first kappa shape index (κ1) is 12.8. The van der Waals surface area contributed by atoms with Gasteiger partial charge < -0.3 is 11.1 Å². The molecule has 6 nitrogen and oxygen atoms in total. The maximum atomic E-state index is 11.4. The number of rotatable bonds is 2. The zero-order valence-corrected chi connectivity index (χ0v) is 11.0. The van der Waals surface area contributed by atoms with E-state index in [2.05, 4.69) is 10.3 Å². The number of piperidine rings is 1. The first-order valence-electron chi connectivity index (χ1n) is 6.71. The average Bonchev–Trinajstić information content (AvgIpc) is 2.46. The smallest absolute Gasteiger partial charge is 0.315 e. The molecule has 1 aliphatic rings. The van der Waals surface area contributed by atoms with E-state index in [1.165, 1.54) is 0 Å². The summed E-state index contributed by atoms with van der Waals surface area (Å²) < 4.78 is 0. The van der Waals surface area contributed by atoms with E-state index in [4.69, 9.17) is 5.73 Å². The zero-order valence-electron chi connectivity index (χ0n) is 11.0. The number of nitrogen functional groups attached to an aromatic ring is 1. The third-order valence-corrected chi connectivity index (χ3v) is 3.86. The molecule has 1 aromatic heterocycles. The molecule has 0 saturated carbocycles. The van der Waals surface area contributed by atoms with Crippen molar-refractivity contribution < 1.29 is 4.92 Å². The summed E-state index contributed by atoms with van der Waals surface area (Å²) >= 11 is 0. The van der Waals surface area contributed by atoms with Crippen molar-refractivity contribution in [3.63, 3.8) is 0 Å². The number of para-hydroxylation sites is 1. The summed E-state index contributed by atoms with van der Waals surface area (Å²) in [6.07, 6.45) is 1.77. The Labute approximate surface area is 116 Å². The standard InChI is InChI=1S/C14H16N4O2/c15-14-13(18(19)20)12(9-5-7-16-8-6-9)10-3-1-2-4-11(10)17-14/h1-4,9,16H,5-8H2,(H2,15,17). The number of nitro groups is 1. The van der Waals surface area contributed by atoms with Gasteiger partial charge in [-0.15, -0.1) is 0 Å². The van der Waals surface area contributed by atoms with Gasteiger partial charge in [0.05, 0.1) is 10.4 Å². The number of fused-ring (bicyclic) bond motifs is 1. The number of nitrogens with zero attached hydrogens (tertiary/aromatic N) is 2. The van der Waals surface area contributed by atoms with Gasteiger partial charge in [-0.05, 0) is 37.9 Å². The number of aromatic nitrogens is 1. The molecule has 0 bridgehead atoms. The lowest BCUT2D eigenvalue weighted by Gasteiger charge is -2.24. The first-order chi connectivity index (χ1) is 9.68. The van der Waals surface area contributed by atoms with Crippen molar-refractivity contribution in [1.82, 2.24) is 10.3 Å². The van der Waals surface area contributed by atoms with Crippen LogP contribution in [0.2, 0.25) is 0 Å². The fourth-order valence-electron chi connectivity index (χ4n) is 2.96. The van der Waals surface area contributed by atoms with Gasteiger partial charge in [0.15, 0.2) is 0 Å². The molecule has 0 atom stereocenters. The van der Waals surface area contributed by atoms with E-state index in [1.54, 1.807) is 0 Å². The summed E-state index contributed by atoms with van der Waals surface area (Å²) in [6.45, 7) is 1.75. The van der Waals surface area contributed by atoms with Crippen LogP contribution in [0.15, 0.2) is 24.3 Å². The topological polar surface area (TPSA) is 94.1 Å². The number of hydrogen-bond acceptors (Lipinski definition) is 5. The predicted molar refractivity (Wildman–Crippen MR) is 77.7 cm³/mol. The summed E-state index contributed by atoms with van der Waals surface area (Å²) in [5.74, 6) is 0.175. The maximum absolute atomic E-state index is 11.4. The van der Waals surface area contributed by atoms with Gasteiger partial charge in [-0.1, -0.05) is 18.2 Å². The van der Waals surface area contributed by atoms with Gasteiger partial charge in [-0.3, -0.25) is 10.1 Å². The van der Waals surface area contributed by atoms with Crippen molar-refractivity contribution in [1.29, 1.82) is 0 Å². The molecular formula is C14H16N4O2. The highest BCUT2D eigenvalue weighted by atomic mass is 16.6. The van der Waals surface area contributed by atoms with Crippen molar-refractivity contribution in [2.75, 3.05) is 18.8 Å². The number of pyridine rings is 1. The number of benzene rings is 1. The molecule has 0 amide bonds. The summed E-state index contributed by atoms with van der Waals surface area (Å²) in [5, 5.41) is 15.5. The van der Waals surface area contributed by atoms with Gasteiger partial charge in [0.2, 0.25) is 5.82 Å². The molecule has 0 radical (unpaired) electrons. The minimum Gasteiger partial charge on any atom is -0.378 e. The number of hydrogen-bond donors (Lipinski definition) is 2. The lowest BCUT2D eigenvalue weighted by atomic mass is 9.87. The molecule has 1 saturated heterocycles. The lowest BCUT2D eigenvalue weighted by molar-refractivity contribution is -0.384. The Kier molecular flexibility index (Phi) is 3.23. The van der Waals surface area contributed by atoms with Crippen LogP contribution in [-0.4, -0.2) is 23.0 Å². The minimum atomic E-state index is -0.397. The number of anilines is 1. The van der Waals surface area contributed by atoms with Crippen molar-refractivity contribution in [3.8, 4) is 0 Å². The molecule has 1 aliphatic heterocycles. The van der Waals surface area contributed by atoms with Crippen LogP contribution in [0.5, 0.6) is 0 Å². The minimum absolute atomic E-state index is 0.0160. The monoisotopic (exact) mass is 272 g/mol. The molecule has 1 aromatic carbocycles. The van der Waals surface area contributed by atoms with Crippen LogP contribution in [0.1, 0.15) is 24.3 Å². The lowest BCUT2D eigenvalue weighted by Crippen LogP contribution is -2.27. The van der Waals surface area contributed by atoms with E-state index < -0.39 is 4.92 Å². The quantitative estimate of drug-likeness (QED) is 0.645. The predicted octanol–water partition coefficient (Wildman–Crippen LogP) is 2.19. The summed E-state index contributed by atoms with van der Waals surface area (Å²) in [5.41, 5.74) is 7.28. The van der Waals surface area contributed by atoms with Gasteiger partial charge in [-0.2, -0.15) is 0 Å². The largest absolute Gasteiger partial charge is 0.378 e. The van der Waals surface area contributed by atoms with Crippen LogP contribution < -0.4 is 11.1 Å². The van der Waals surface area contributed by atoms with Crippen LogP contribution in [-0.2, 0) is 0 Å². The molecule has 20 heavy (non-hydrogen) atoms. The molecule has 104 valence electrons. The second kappa shape index (κ2) is 5.05. The van der Waals surface area contributed by atoms with Gasteiger partial charge in [0, 0.05) is 10.9 Å². The molecule has 6 heteroatoms. The SMILES string of the molecule is Nc1nc2ccccc2c(C2CCNCC2)c1[N+](=O)[O-]. The van der Waals surface area contributed by atoms with Crippen LogP contribution >= 0.6 is 0 Å². The molecule has 2 heterocycles. The normalized spacial score (nSPS) is 16.4. The third-order valence-electron chi connectivity index (χ3n) is 3.86. The van der Waals surface area contributed by atoms with E-state index in [-0.39, 0.29) is 17.4 Å². The van der Waals surface area contributed by atoms with E-state index >= 15 is 0 Å². The van der Waals surface area contributed by atoms with Crippen molar-refractivity contribution in [2.24, 2.45) is 0 Å². The van der Waals surface area contributed by atoms with Crippen molar-refractivity contribution >= 4 is 22.4 Å². The zero-order chi connectivity index (χ0) is 14.1. The molecule has 0 aliphatic carbocycles.